The number of aromatic nitrogens is 3. The maximum absolute atomic E-state index is 12.6. The molecule has 1 amide bonds. The Morgan fingerprint density at radius 3 is 2.14 bits per heavy atom. The molecule has 1 saturated heterocycles. The first-order chi connectivity index (χ1) is 13.5. The van der Waals surface area contributed by atoms with Crippen LogP contribution in [-0.2, 0) is 23.7 Å². The van der Waals surface area contributed by atoms with E-state index in [2.05, 4.69) is 15.0 Å². The lowest BCUT2D eigenvalue weighted by atomic mass is 10.1. The highest BCUT2D eigenvalue weighted by molar-refractivity contribution is 6.00. The Bertz CT molecular complexity index is 813. The van der Waals surface area contributed by atoms with Crippen molar-refractivity contribution in [3.05, 3.63) is 11.4 Å². The summed E-state index contributed by atoms with van der Waals surface area (Å²) in [6, 6.07) is -1.62. The van der Waals surface area contributed by atoms with Gasteiger partial charge in [0, 0.05) is 13.0 Å². The van der Waals surface area contributed by atoms with Crippen LogP contribution in [-0.4, -0.2) is 83.4 Å². The zero-order valence-corrected chi connectivity index (χ0v) is 17.1. The first kappa shape index (κ1) is 22.1. The van der Waals surface area contributed by atoms with Gasteiger partial charge < -0.3 is 18.9 Å². The van der Waals surface area contributed by atoms with Gasteiger partial charge in [-0.05, 0) is 20.8 Å². The SMILES string of the molecule is COC(=O)c1nnn([C@@H]2C[C@H](C(=O)OC)N(C(=O)OC(C)(C)C)C2)c1C(=O)OC. The van der Waals surface area contributed by atoms with Gasteiger partial charge in [-0.15, -0.1) is 5.10 Å². The van der Waals surface area contributed by atoms with E-state index < -0.39 is 41.7 Å². The van der Waals surface area contributed by atoms with Crippen LogP contribution in [0.1, 0.15) is 54.2 Å². The Morgan fingerprint density at radius 1 is 1.00 bits per heavy atom. The molecule has 1 aliphatic heterocycles. The molecule has 2 atom stereocenters. The van der Waals surface area contributed by atoms with E-state index in [4.69, 9.17) is 14.2 Å². The second-order valence-corrected chi connectivity index (χ2v) is 7.28. The number of likely N-dealkylation sites (tertiary alicyclic amines) is 1. The van der Waals surface area contributed by atoms with Crippen molar-refractivity contribution < 1.29 is 38.1 Å². The molecule has 160 valence electrons. The number of nitrogens with zero attached hydrogens (tertiary/aromatic N) is 4. The molecule has 1 aromatic heterocycles. The van der Waals surface area contributed by atoms with Gasteiger partial charge in [0.25, 0.3) is 0 Å². The molecule has 1 aliphatic rings. The molecule has 0 saturated carbocycles. The number of amides is 1. The number of hydrogen-bond acceptors (Lipinski definition) is 10. The van der Waals surface area contributed by atoms with Gasteiger partial charge in [0.1, 0.15) is 11.6 Å². The first-order valence-corrected chi connectivity index (χ1v) is 8.73. The van der Waals surface area contributed by atoms with Crippen LogP contribution in [0.5, 0.6) is 0 Å². The lowest BCUT2D eigenvalue weighted by molar-refractivity contribution is -0.145. The van der Waals surface area contributed by atoms with Gasteiger partial charge in [-0.2, -0.15) is 0 Å². The Labute approximate surface area is 167 Å². The first-order valence-electron chi connectivity index (χ1n) is 8.73. The molecule has 29 heavy (non-hydrogen) atoms. The Kier molecular flexibility index (Phi) is 6.44. The highest BCUT2D eigenvalue weighted by Gasteiger charge is 2.45. The van der Waals surface area contributed by atoms with Gasteiger partial charge in [0.2, 0.25) is 5.69 Å². The summed E-state index contributed by atoms with van der Waals surface area (Å²) < 4.78 is 20.6. The summed E-state index contributed by atoms with van der Waals surface area (Å²) in [5.41, 5.74) is -1.35. The number of carbonyl (C=O) groups excluding carboxylic acids is 4. The fourth-order valence-corrected chi connectivity index (χ4v) is 2.94. The van der Waals surface area contributed by atoms with Crippen molar-refractivity contribution >= 4 is 24.0 Å². The van der Waals surface area contributed by atoms with Crippen molar-refractivity contribution in [1.82, 2.24) is 19.9 Å². The standard InChI is InChI=1S/C17H24N4O8/c1-17(2,3)29-16(25)20-8-9(7-10(20)13(22)26-4)21-12(15(24)28-6)11(18-19-21)14(23)27-5/h9-10H,7-8H2,1-6H3/t9-,10-/m1/s1. The normalized spacial score (nSPS) is 18.9. The van der Waals surface area contributed by atoms with Crippen LogP contribution in [0.25, 0.3) is 0 Å². The van der Waals surface area contributed by atoms with E-state index in [1.54, 1.807) is 20.8 Å². The molecule has 2 heterocycles. The zero-order chi connectivity index (χ0) is 21.9. The molecule has 12 nitrogen and oxygen atoms in total. The molecule has 0 bridgehead atoms. The van der Waals surface area contributed by atoms with Crippen molar-refractivity contribution in [2.24, 2.45) is 0 Å². The van der Waals surface area contributed by atoms with Crippen LogP contribution in [0.2, 0.25) is 0 Å². The lowest BCUT2D eigenvalue weighted by Gasteiger charge is -2.27. The van der Waals surface area contributed by atoms with Crippen LogP contribution in [0.3, 0.4) is 0 Å². The van der Waals surface area contributed by atoms with Crippen molar-refractivity contribution in [3.8, 4) is 0 Å². The predicted molar refractivity (Wildman–Crippen MR) is 95.1 cm³/mol. The average Bonchev–Trinajstić information content (AvgIpc) is 3.29. The van der Waals surface area contributed by atoms with Crippen LogP contribution in [0.15, 0.2) is 0 Å². The number of esters is 3. The topological polar surface area (TPSA) is 139 Å². The molecular formula is C17H24N4O8. The number of ether oxygens (including phenoxy) is 4. The largest absolute Gasteiger partial charge is 0.467 e. The van der Waals surface area contributed by atoms with E-state index in [0.29, 0.717) is 0 Å². The number of methoxy groups -OCH3 is 3. The molecule has 1 aromatic rings. The van der Waals surface area contributed by atoms with E-state index in [1.807, 2.05) is 0 Å². The van der Waals surface area contributed by atoms with Crippen molar-refractivity contribution in [2.75, 3.05) is 27.9 Å². The van der Waals surface area contributed by atoms with Crippen molar-refractivity contribution in [3.63, 3.8) is 0 Å². The van der Waals surface area contributed by atoms with Crippen molar-refractivity contribution in [2.45, 2.75) is 44.9 Å². The third-order valence-electron chi connectivity index (χ3n) is 4.18. The third-order valence-corrected chi connectivity index (χ3v) is 4.18. The van der Waals surface area contributed by atoms with Crippen LogP contribution < -0.4 is 0 Å². The summed E-state index contributed by atoms with van der Waals surface area (Å²) in [5, 5.41) is 7.56. The molecule has 0 aromatic carbocycles. The van der Waals surface area contributed by atoms with Gasteiger partial charge in [-0.3, -0.25) is 4.90 Å². The van der Waals surface area contributed by atoms with Gasteiger partial charge in [0.15, 0.2) is 5.69 Å². The van der Waals surface area contributed by atoms with Crippen molar-refractivity contribution in [1.29, 1.82) is 0 Å². The third kappa shape index (κ3) is 4.63. The minimum absolute atomic E-state index is 0.0252. The number of hydrogen-bond donors (Lipinski definition) is 0. The highest BCUT2D eigenvalue weighted by atomic mass is 16.6. The van der Waals surface area contributed by atoms with Gasteiger partial charge in [0.05, 0.1) is 27.4 Å². The van der Waals surface area contributed by atoms with Gasteiger partial charge in [-0.25, -0.2) is 23.9 Å². The highest BCUT2D eigenvalue weighted by Crippen LogP contribution is 2.31. The maximum atomic E-state index is 12.6. The molecule has 1 fully saturated rings. The summed E-state index contributed by atoms with van der Waals surface area (Å²) in [6.45, 7) is 5.06. The molecule has 0 unspecified atom stereocenters. The maximum Gasteiger partial charge on any atom is 0.411 e. The summed E-state index contributed by atoms with van der Waals surface area (Å²) in [4.78, 5) is 50.2. The lowest BCUT2D eigenvalue weighted by Crippen LogP contribution is -2.43. The Hall–Kier alpha value is -3.18. The second-order valence-electron chi connectivity index (χ2n) is 7.28. The molecule has 0 N–H and O–H groups in total. The van der Waals surface area contributed by atoms with Gasteiger partial charge >= 0.3 is 24.0 Å². The monoisotopic (exact) mass is 412 g/mol. The fraction of sp³-hybridized carbons (Fsp3) is 0.647. The van der Waals surface area contributed by atoms with Gasteiger partial charge in [-0.1, -0.05) is 5.21 Å². The van der Waals surface area contributed by atoms with E-state index in [1.165, 1.54) is 12.0 Å². The molecule has 0 radical (unpaired) electrons. The summed E-state index contributed by atoms with van der Waals surface area (Å²) in [5.74, 6) is -2.38. The number of carbonyl (C=O) groups is 4. The molecule has 12 heteroatoms. The zero-order valence-electron chi connectivity index (χ0n) is 17.1. The predicted octanol–water partition coefficient (Wildman–Crippen LogP) is 0.575. The Balaban J connectivity index is 2.42. The minimum Gasteiger partial charge on any atom is -0.467 e. The van der Waals surface area contributed by atoms with Crippen LogP contribution in [0, 0.1) is 0 Å². The fourth-order valence-electron chi connectivity index (χ4n) is 2.94. The summed E-state index contributed by atoms with van der Waals surface area (Å²) in [6.07, 6.45) is -0.650. The van der Waals surface area contributed by atoms with Crippen LogP contribution >= 0.6 is 0 Å². The molecule has 0 spiro atoms. The van der Waals surface area contributed by atoms with E-state index in [0.717, 1.165) is 18.9 Å². The van der Waals surface area contributed by atoms with E-state index in [-0.39, 0.29) is 24.4 Å². The minimum atomic E-state index is -0.962. The Morgan fingerprint density at radius 2 is 1.62 bits per heavy atom. The second kappa shape index (κ2) is 8.45. The number of rotatable bonds is 4. The summed E-state index contributed by atoms with van der Waals surface area (Å²) in [7, 11) is 3.47. The average molecular weight is 412 g/mol. The molecular weight excluding hydrogens is 388 g/mol. The quantitative estimate of drug-likeness (QED) is 0.509. The van der Waals surface area contributed by atoms with Crippen LogP contribution in [0.4, 0.5) is 4.79 Å². The smallest absolute Gasteiger partial charge is 0.411 e. The molecule has 2 rings (SSSR count). The van der Waals surface area contributed by atoms with E-state index in [9.17, 15) is 19.2 Å². The van der Waals surface area contributed by atoms with E-state index >= 15 is 0 Å². The summed E-state index contributed by atoms with van der Waals surface area (Å²) >= 11 is 0. The molecule has 0 aliphatic carbocycles.